The van der Waals surface area contributed by atoms with Crippen molar-refractivity contribution in [3.05, 3.63) is 59.2 Å². The third kappa shape index (κ3) is 3.20. The second-order valence-corrected chi connectivity index (χ2v) is 9.38. The van der Waals surface area contributed by atoms with E-state index in [4.69, 9.17) is 18.9 Å². The van der Waals surface area contributed by atoms with Crippen molar-refractivity contribution in [1.82, 2.24) is 4.98 Å². The Morgan fingerprint density at radius 2 is 2.00 bits per heavy atom. The number of carbonyl (C=O) groups is 1. The van der Waals surface area contributed by atoms with Crippen molar-refractivity contribution < 1.29 is 23.8 Å². The molecule has 6 heteroatoms. The number of aromatic carboxylic acids is 1. The minimum absolute atomic E-state index is 0.0937. The first-order chi connectivity index (χ1) is 15.9. The first kappa shape index (κ1) is 20.2. The quantitative estimate of drug-likeness (QED) is 0.413. The highest BCUT2D eigenvalue weighted by molar-refractivity contribution is 6.07. The van der Waals surface area contributed by atoms with Gasteiger partial charge in [0.15, 0.2) is 5.76 Å². The number of fused-ring (bicyclic) bond motifs is 2. The van der Waals surface area contributed by atoms with Crippen LogP contribution >= 0.6 is 0 Å². The summed E-state index contributed by atoms with van der Waals surface area (Å²) in [6.45, 7) is 5.31. The van der Waals surface area contributed by atoms with Crippen LogP contribution in [0.1, 0.15) is 40.7 Å². The molecule has 1 aliphatic carbocycles. The van der Waals surface area contributed by atoms with Gasteiger partial charge in [-0.1, -0.05) is 24.3 Å². The number of furan rings is 1. The van der Waals surface area contributed by atoms with Gasteiger partial charge in [-0.2, -0.15) is 0 Å². The van der Waals surface area contributed by atoms with Crippen molar-refractivity contribution in [3.8, 4) is 17.2 Å². The van der Waals surface area contributed by atoms with Gasteiger partial charge in [0.25, 0.3) is 0 Å². The predicted octanol–water partition coefficient (Wildman–Crippen LogP) is 5.91. The Labute approximate surface area is 191 Å². The van der Waals surface area contributed by atoms with E-state index in [9.17, 15) is 9.90 Å². The largest absolute Gasteiger partial charge is 0.493 e. The van der Waals surface area contributed by atoms with E-state index < -0.39 is 5.97 Å². The number of benzene rings is 2. The van der Waals surface area contributed by atoms with Crippen LogP contribution in [-0.2, 0) is 4.74 Å². The third-order valence-electron chi connectivity index (χ3n) is 7.19. The van der Waals surface area contributed by atoms with Crippen LogP contribution in [-0.4, -0.2) is 34.9 Å². The predicted molar refractivity (Wildman–Crippen MR) is 125 cm³/mol. The molecule has 0 unspecified atom stereocenters. The monoisotopic (exact) mass is 443 g/mol. The number of nitrogens with zero attached hydrogens (tertiary/aromatic N) is 1. The first-order valence-electron chi connectivity index (χ1n) is 11.4. The molecule has 1 saturated carbocycles. The second kappa shape index (κ2) is 7.32. The van der Waals surface area contributed by atoms with Crippen molar-refractivity contribution >= 4 is 27.8 Å². The Hall–Kier alpha value is -3.38. The molecule has 0 amide bonds. The van der Waals surface area contributed by atoms with Gasteiger partial charge >= 0.3 is 5.97 Å². The van der Waals surface area contributed by atoms with E-state index in [-0.39, 0.29) is 11.2 Å². The zero-order valence-corrected chi connectivity index (χ0v) is 18.7. The summed E-state index contributed by atoms with van der Waals surface area (Å²) in [5, 5.41) is 11.6. The molecule has 4 aromatic rings. The van der Waals surface area contributed by atoms with E-state index in [1.807, 2.05) is 50.2 Å². The third-order valence-corrected chi connectivity index (χ3v) is 7.19. The van der Waals surface area contributed by atoms with Gasteiger partial charge < -0.3 is 19.0 Å². The fourth-order valence-corrected chi connectivity index (χ4v) is 5.30. The highest BCUT2D eigenvalue weighted by atomic mass is 16.5. The minimum atomic E-state index is -1.02. The van der Waals surface area contributed by atoms with Gasteiger partial charge in [0.2, 0.25) is 0 Å². The molecule has 2 aliphatic rings. The van der Waals surface area contributed by atoms with Crippen LogP contribution < -0.4 is 4.74 Å². The lowest BCUT2D eigenvalue weighted by molar-refractivity contribution is -0.216. The van der Waals surface area contributed by atoms with Crippen LogP contribution in [0.5, 0.6) is 5.75 Å². The fourth-order valence-electron chi connectivity index (χ4n) is 5.30. The summed E-state index contributed by atoms with van der Waals surface area (Å²) >= 11 is 0. The van der Waals surface area contributed by atoms with Crippen LogP contribution in [0.3, 0.4) is 0 Å². The lowest BCUT2D eigenvalue weighted by atomic mass is 9.67. The number of hydrogen-bond donors (Lipinski definition) is 1. The van der Waals surface area contributed by atoms with Gasteiger partial charge in [0.1, 0.15) is 17.0 Å². The van der Waals surface area contributed by atoms with Crippen LogP contribution in [0.15, 0.2) is 46.9 Å². The number of rotatable bonds is 5. The topological polar surface area (TPSA) is 81.8 Å². The maximum Gasteiger partial charge on any atom is 0.336 e. The van der Waals surface area contributed by atoms with E-state index in [1.54, 1.807) is 6.07 Å². The Kier molecular flexibility index (Phi) is 4.49. The molecule has 0 atom stereocenters. The molecule has 1 aliphatic heterocycles. The van der Waals surface area contributed by atoms with Crippen molar-refractivity contribution in [2.45, 2.75) is 38.7 Å². The van der Waals surface area contributed by atoms with Gasteiger partial charge in [0, 0.05) is 10.9 Å². The first-order valence-corrected chi connectivity index (χ1v) is 11.4. The van der Waals surface area contributed by atoms with Gasteiger partial charge in [0.05, 0.1) is 35.3 Å². The van der Waals surface area contributed by atoms with Crippen molar-refractivity contribution in [3.63, 3.8) is 0 Å². The lowest BCUT2D eigenvalue weighted by Crippen LogP contribution is -2.55. The Balaban J connectivity index is 1.41. The van der Waals surface area contributed by atoms with Crippen molar-refractivity contribution in [2.24, 2.45) is 5.92 Å². The fraction of sp³-hybridized carbons (Fsp3) is 0.333. The summed E-state index contributed by atoms with van der Waals surface area (Å²) in [4.78, 5) is 17.2. The van der Waals surface area contributed by atoms with E-state index in [1.165, 1.54) is 0 Å². The Bertz CT molecular complexity index is 1410. The average Bonchev–Trinajstić information content (AvgIpc) is 3.09. The number of aryl methyl sites for hydroxylation is 2. The summed E-state index contributed by atoms with van der Waals surface area (Å²) in [5.41, 5.74) is 3.98. The van der Waals surface area contributed by atoms with Crippen LogP contribution in [0.2, 0.25) is 0 Å². The number of aromatic nitrogens is 1. The van der Waals surface area contributed by atoms with Gasteiger partial charge in [-0.05, 0) is 62.8 Å². The van der Waals surface area contributed by atoms with Crippen molar-refractivity contribution in [2.75, 3.05) is 13.2 Å². The highest BCUT2D eigenvalue weighted by Gasteiger charge is 2.50. The van der Waals surface area contributed by atoms with E-state index in [2.05, 4.69) is 0 Å². The molecule has 6 nitrogen and oxygen atoms in total. The highest BCUT2D eigenvalue weighted by Crippen LogP contribution is 2.48. The van der Waals surface area contributed by atoms with E-state index >= 15 is 0 Å². The van der Waals surface area contributed by atoms with Crippen molar-refractivity contribution in [1.29, 1.82) is 0 Å². The van der Waals surface area contributed by atoms with Gasteiger partial charge in [-0.25, -0.2) is 9.78 Å². The standard InChI is InChI=1S/C27H25NO5/c1-15-7-8-22(31-14-17-12-27(13-17)9-10-32-27)23-19(26(29)30)11-20(28-24(15)23)25-16(2)18-5-3-4-6-21(18)33-25/h3-8,11,17H,9-10,12-14H2,1-2H3,(H,29,30)/t17-,27-. The SMILES string of the molecule is Cc1c(-c2cc(C(=O)O)c3c(OC[C@H]4C[C@@]5(CCO5)C4)ccc(C)c3n2)oc2ccccc12. The molecule has 168 valence electrons. The number of carboxylic acid groups (broad SMARTS) is 1. The number of pyridine rings is 1. The maximum atomic E-state index is 12.3. The smallest absolute Gasteiger partial charge is 0.336 e. The summed E-state index contributed by atoms with van der Waals surface area (Å²) in [5.74, 6) is 0.564. The average molecular weight is 443 g/mol. The van der Waals surface area contributed by atoms with Crippen LogP contribution in [0.4, 0.5) is 0 Å². The minimum Gasteiger partial charge on any atom is -0.493 e. The molecule has 1 saturated heterocycles. The zero-order chi connectivity index (χ0) is 22.7. The van der Waals surface area contributed by atoms with Gasteiger partial charge in [-0.15, -0.1) is 0 Å². The normalized spacial score (nSPS) is 21.8. The molecule has 0 radical (unpaired) electrons. The van der Waals surface area contributed by atoms with E-state index in [0.717, 1.165) is 48.0 Å². The molecule has 2 fully saturated rings. The summed E-state index contributed by atoms with van der Waals surface area (Å²) < 4.78 is 18.0. The van der Waals surface area contributed by atoms with Crippen LogP contribution in [0.25, 0.3) is 33.3 Å². The summed E-state index contributed by atoms with van der Waals surface area (Å²) in [6.07, 6.45) is 3.15. The number of hydrogen-bond acceptors (Lipinski definition) is 5. The lowest BCUT2D eigenvalue weighted by Gasteiger charge is -2.53. The van der Waals surface area contributed by atoms with Crippen LogP contribution in [0, 0.1) is 19.8 Å². The van der Waals surface area contributed by atoms with Gasteiger partial charge in [-0.3, -0.25) is 0 Å². The molecule has 1 N–H and O–H groups in total. The maximum absolute atomic E-state index is 12.3. The molecule has 0 bridgehead atoms. The summed E-state index contributed by atoms with van der Waals surface area (Å²) in [6, 6.07) is 13.2. The molecule has 3 heterocycles. The molecular weight excluding hydrogens is 418 g/mol. The zero-order valence-electron chi connectivity index (χ0n) is 18.7. The molecular formula is C27H25NO5. The number of para-hydroxylation sites is 1. The number of ether oxygens (including phenoxy) is 2. The molecule has 2 aromatic carbocycles. The molecule has 2 aromatic heterocycles. The molecule has 1 spiro atoms. The molecule has 33 heavy (non-hydrogen) atoms. The Morgan fingerprint density at radius 3 is 2.70 bits per heavy atom. The molecule has 6 rings (SSSR count). The second-order valence-electron chi connectivity index (χ2n) is 9.38. The number of carboxylic acids is 1. The Morgan fingerprint density at radius 1 is 1.21 bits per heavy atom. The van der Waals surface area contributed by atoms with E-state index in [0.29, 0.717) is 40.6 Å². The summed E-state index contributed by atoms with van der Waals surface area (Å²) in [7, 11) is 0.